The molecule has 1 saturated carbocycles. The maximum absolute atomic E-state index is 13.9. The van der Waals surface area contributed by atoms with Crippen LogP contribution in [0.3, 0.4) is 0 Å². The lowest BCUT2D eigenvalue weighted by Crippen LogP contribution is -2.45. The lowest BCUT2D eigenvalue weighted by molar-refractivity contribution is -0.124. The molecule has 0 radical (unpaired) electrons. The molecule has 2 saturated heterocycles. The molecule has 2 aliphatic heterocycles. The van der Waals surface area contributed by atoms with Crippen molar-refractivity contribution in [2.24, 2.45) is 24.3 Å². The number of rotatable bonds is 9. The topological polar surface area (TPSA) is 142 Å². The fourth-order valence-electron chi connectivity index (χ4n) is 8.05. The minimum atomic E-state index is -0.353. The van der Waals surface area contributed by atoms with Gasteiger partial charge in [0.05, 0.1) is 24.0 Å². The molecule has 2 unspecified atom stereocenters. The van der Waals surface area contributed by atoms with Crippen LogP contribution in [0, 0.1) is 28.6 Å². The van der Waals surface area contributed by atoms with Crippen molar-refractivity contribution < 1.29 is 9.59 Å². The molecule has 3 aromatic heterocycles. The van der Waals surface area contributed by atoms with Gasteiger partial charge in [0.2, 0.25) is 11.8 Å². The predicted octanol–water partition coefficient (Wildman–Crippen LogP) is 4.70. The van der Waals surface area contributed by atoms with Crippen LogP contribution in [0.15, 0.2) is 67.3 Å². The average molecular weight is 658 g/mol. The number of aromatic nitrogens is 5. The van der Waals surface area contributed by atoms with Crippen LogP contribution < -0.4 is 15.5 Å². The molecular formula is C38H43N9O2. The zero-order valence-corrected chi connectivity index (χ0v) is 28.0. The van der Waals surface area contributed by atoms with Crippen LogP contribution >= 0.6 is 0 Å². The van der Waals surface area contributed by atoms with Gasteiger partial charge in [-0.15, -0.1) is 0 Å². The van der Waals surface area contributed by atoms with Gasteiger partial charge in [0, 0.05) is 75.0 Å². The highest BCUT2D eigenvalue weighted by molar-refractivity contribution is 5.83. The van der Waals surface area contributed by atoms with E-state index < -0.39 is 0 Å². The molecule has 1 aliphatic carbocycles. The summed E-state index contributed by atoms with van der Waals surface area (Å²) in [6.45, 7) is 2.69. The van der Waals surface area contributed by atoms with Crippen LogP contribution in [0.2, 0.25) is 0 Å². The molecule has 7 rings (SSSR count). The normalized spacial score (nSPS) is 22.8. The molecular weight excluding hydrogens is 614 g/mol. The van der Waals surface area contributed by atoms with E-state index in [4.69, 9.17) is 9.97 Å². The fourth-order valence-corrected chi connectivity index (χ4v) is 8.05. The Bertz CT molecular complexity index is 1830. The highest BCUT2D eigenvalue weighted by Crippen LogP contribution is 2.40. The quantitative estimate of drug-likeness (QED) is 0.264. The van der Waals surface area contributed by atoms with Crippen LogP contribution in [0.25, 0.3) is 11.1 Å². The first-order valence-corrected chi connectivity index (χ1v) is 17.4. The van der Waals surface area contributed by atoms with Crippen molar-refractivity contribution in [1.82, 2.24) is 35.4 Å². The van der Waals surface area contributed by atoms with Crippen molar-refractivity contribution in [3.05, 3.63) is 89.9 Å². The lowest BCUT2D eigenvalue weighted by Gasteiger charge is -2.40. The van der Waals surface area contributed by atoms with Gasteiger partial charge < -0.3 is 15.5 Å². The van der Waals surface area contributed by atoms with Crippen molar-refractivity contribution >= 4 is 17.6 Å². The van der Waals surface area contributed by atoms with Crippen LogP contribution in [-0.2, 0) is 29.6 Å². The first-order valence-electron chi connectivity index (χ1n) is 17.4. The van der Waals surface area contributed by atoms with E-state index in [-0.39, 0.29) is 29.1 Å². The zero-order valence-electron chi connectivity index (χ0n) is 28.0. The Morgan fingerprint density at radius 1 is 1.08 bits per heavy atom. The Balaban J connectivity index is 1.04. The van der Waals surface area contributed by atoms with E-state index in [9.17, 15) is 14.9 Å². The van der Waals surface area contributed by atoms with Gasteiger partial charge >= 0.3 is 0 Å². The van der Waals surface area contributed by atoms with Gasteiger partial charge in [-0.2, -0.15) is 10.4 Å². The van der Waals surface area contributed by atoms with Crippen molar-refractivity contribution in [2.75, 3.05) is 24.5 Å². The third-order valence-electron chi connectivity index (χ3n) is 10.7. The molecule has 49 heavy (non-hydrogen) atoms. The standard InChI is InChI=1S/C38H43N9O2/c1-46-23-31(22-44-46)29-12-13-32(40-20-29)35(37(49)42-19-27-6-3-2-4-7-27)28-10-8-26(9-11-28)16-33-41-21-30(18-39)36(45-33)47-15-5-14-38(25-47)17-34(48)43-24-38/h2-4,6-7,12-13,20-23,26,28,35H,5,8-11,14-17,19,24-25H2,1H3,(H,42,49)(H,43,48). The Hall–Kier alpha value is -5.11. The first-order chi connectivity index (χ1) is 23.9. The minimum Gasteiger partial charge on any atom is -0.355 e. The fraction of sp³-hybridized carbons (Fsp3) is 0.447. The summed E-state index contributed by atoms with van der Waals surface area (Å²) in [6, 6.07) is 16.3. The summed E-state index contributed by atoms with van der Waals surface area (Å²) in [5.41, 5.74) is 4.20. The minimum absolute atomic E-state index is 0.00691. The van der Waals surface area contributed by atoms with Gasteiger partial charge in [0.15, 0.2) is 0 Å². The van der Waals surface area contributed by atoms with Gasteiger partial charge in [0.1, 0.15) is 23.3 Å². The molecule has 252 valence electrons. The molecule has 1 aromatic carbocycles. The second-order valence-corrected chi connectivity index (χ2v) is 14.2. The van der Waals surface area contributed by atoms with Crippen molar-refractivity contribution in [3.63, 3.8) is 0 Å². The number of nitriles is 1. The monoisotopic (exact) mass is 657 g/mol. The number of pyridine rings is 1. The largest absolute Gasteiger partial charge is 0.355 e. The molecule has 2 atom stereocenters. The van der Waals surface area contributed by atoms with Crippen LogP contribution in [-0.4, -0.2) is 56.2 Å². The number of nitrogens with zero attached hydrogens (tertiary/aromatic N) is 7. The highest BCUT2D eigenvalue weighted by atomic mass is 16.2. The van der Waals surface area contributed by atoms with Crippen LogP contribution in [0.5, 0.6) is 0 Å². The third kappa shape index (κ3) is 7.33. The molecule has 0 bridgehead atoms. The molecule has 2 N–H and O–H groups in total. The van der Waals surface area contributed by atoms with E-state index in [1.54, 1.807) is 10.9 Å². The molecule has 2 amide bonds. The Morgan fingerprint density at radius 2 is 1.92 bits per heavy atom. The van der Waals surface area contributed by atoms with E-state index in [1.165, 1.54) is 0 Å². The summed E-state index contributed by atoms with van der Waals surface area (Å²) < 4.78 is 1.77. The van der Waals surface area contributed by atoms with Gasteiger partial charge in [-0.05, 0) is 62.0 Å². The van der Waals surface area contributed by atoms with Gasteiger partial charge in [-0.25, -0.2) is 9.97 Å². The van der Waals surface area contributed by atoms with Crippen molar-refractivity contribution in [3.8, 4) is 17.2 Å². The summed E-state index contributed by atoms with van der Waals surface area (Å²) in [5.74, 6) is 1.75. The summed E-state index contributed by atoms with van der Waals surface area (Å²) >= 11 is 0. The van der Waals surface area contributed by atoms with Crippen molar-refractivity contribution in [2.45, 2.75) is 63.8 Å². The molecule has 11 nitrogen and oxygen atoms in total. The van der Waals surface area contributed by atoms with E-state index >= 15 is 0 Å². The number of piperidine rings is 1. The molecule has 1 spiro atoms. The second-order valence-electron chi connectivity index (χ2n) is 14.2. The Labute approximate surface area is 287 Å². The van der Waals surface area contributed by atoms with E-state index in [0.29, 0.717) is 43.4 Å². The van der Waals surface area contributed by atoms with Crippen molar-refractivity contribution in [1.29, 1.82) is 5.26 Å². The van der Waals surface area contributed by atoms with E-state index in [1.807, 2.05) is 68.1 Å². The van der Waals surface area contributed by atoms with E-state index in [2.05, 4.69) is 31.7 Å². The molecule has 3 aliphatic rings. The number of hydrogen-bond acceptors (Lipinski definition) is 8. The molecule has 5 heterocycles. The van der Waals surface area contributed by atoms with Gasteiger partial charge in [-0.3, -0.25) is 19.3 Å². The third-order valence-corrected chi connectivity index (χ3v) is 10.7. The molecule has 11 heteroatoms. The number of aryl methyl sites for hydroxylation is 1. The number of nitrogens with one attached hydrogen (secondary N) is 2. The van der Waals surface area contributed by atoms with Gasteiger partial charge in [-0.1, -0.05) is 36.4 Å². The number of carbonyl (C=O) groups excluding carboxylic acids is 2. The smallest absolute Gasteiger partial charge is 0.229 e. The van der Waals surface area contributed by atoms with Crippen LogP contribution in [0.1, 0.15) is 73.5 Å². The number of anilines is 1. The predicted molar refractivity (Wildman–Crippen MR) is 185 cm³/mol. The Morgan fingerprint density at radius 3 is 2.61 bits per heavy atom. The number of hydrogen-bond donors (Lipinski definition) is 2. The Kier molecular flexibility index (Phi) is 9.38. The number of benzene rings is 1. The zero-order chi connectivity index (χ0) is 33.8. The second kappa shape index (κ2) is 14.2. The molecule has 3 fully saturated rings. The number of carbonyl (C=O) groups is 2. The summed E-state index contributed by atoms with van der Waals surface area (Å²) in [5, 5.41) is 20.4. The highest BCUT2D eigenvalue weighted by Gasteiger charge is 2.42. The lowest BCUT2D eigenvalue weighted by atomic mass is 9.73. The summed E-state index contributed by atoms with van der Waals surface area (Å²) in [6.07, 6.45) is 14.2. The summed E-state index contributed by atoms with van der Waals surface area (Å²) in [4.78, 5) is 42.5. The van der Waals surface area contributed by atoms with Crippen LogP contribution in [0.4, 0.5) is 5.82 Å². The average Bonchev–Trinajstić information content (AvgIpc) is 3.73. The van der Waals surface area contributed by atoms with E-state index in [0.717, 1.165) is 79.7 Å². The first kappa shape index (κ1) is 32.4. The van der Waals surface area contributed by atoms with Gasteiger partial charge in [0.25, 0.3) is 0 Å². The summed E-state index contributed by atoms with van der Waals surface area (Å²) in [7, 11) is 1.89. The SMILES string of the molecule is Cn1cc(-c2ccc(C(C(=O)NCc3ccccc3)C3CCC(Cc4ncc(C#N)c(N5CCCC6(CNC(=O)C6)C5)n4)CC3)nc2)cn1. The maximum Gasteiger partial charge on any atom is 0.229 e. The maximum atomic E-state index is 13.9. The molecule has 4 aromatic rings. The number of amides is 2.